The number of carbonyl (C=O) groups is 1. The molecule has 0 N–H and O–H groups in total. The van der Waals surface area contributed by atoms with Crippen molar-refractivity contribution in [2.75, 3.05) is 80.7 Å². The zero-order valence-corrected chi connectivity index (χ0v) is 24.3. The minimum Gasteiger partial charge on any atom is -0.497 e. The molecule has 3 rings (SSSR count). The summed E-state index contributed by atoms with van der Waals surface area (Å²) in [4.78, 5) is 19.8. The number of methoxy groups -OCH3 is 1. The lowest BCUT2D eigenvalue weighted by molar-refractivity contribution is -0.137. The highest BCUT2D eigenvalue weighted by Crippen LogP contribution is 2.29. The lowest BCUT2D eigenvalue weighted by atomic mass is 9.85. The molecule has 1 heterocycles. The van der Waals surface area contributed by atoms with Crippen molar-refractivity contribution in [2.45, 2.75) is 50.5 Å². The fourth-order valence-corrected chi connectivity index (χ4v) is 7.04. The molecular weight excluding hydrogens is 492 g/mol. The Labute approximate surface area is 223 Å². The van der Waals surface area contributed by atoms with Crippen molar-refractivity contribution in [3.8, 4) is 5.75 Å². The molecule has 2 aliphatic rings. The molecule has 1 saturated heterocycles. The second kappa shape index (κ2) is 13.4. The van der Waals surface area contributed by atoms with Crippen LogP contribution in [0.2, 0.25) is 0 Å². The van der Waals surface area contributed by atoms with Gasteiger partial charge in [0, 0.05) is 59.4 Å². The molecule has 1 aliphatic heterocycles. The van der Waals surface area contributed by atoms with E-state index < -0.39 is 10.0 Å². The molecule has 9 nitrogen and oxygen atoms in total. The average molecular weight is 539 g/mol. The fraction of sp³-hybridized carbons (Fsp3) is 0.741. The Hall–Kier alpha value is -1.72. The first kappa shape index (κ1) is 29.8. The molecule has 0 radical (unpaired) electrons. The van der Waals surface area contributed by atoms with Gasteiger partial charge in [0.25, 0.3) is 0 Å². The molecule has 210 valence electrons. The van der Waals surface area contributed by atoms with Gasteiger partial charge in [-0.2, -0.15) is 4.31 Å². The maximum Gasteiger partial charge on any atom is 0.248 e. The van der Waals surface area contributed by atoms with Crippen molar-refractivity contribution in [3.05, 3.63) is 23.3 Å². The molecule has 0 unspecified atom stereocenters. The minimum atomic E-state index is -3.68. The van der Waals surface area contributed by atoms with E-state index in [0.29, 0.717) is 16.9 Å². The highest BCUT2D eigenvalue weighted by molar-refractivity contribution is 7.89. The van der Waals surface area contributed by atoms with Crippen LogP contribution in [0.3, 0.4) is 0 Å². The number of ether oxygens (including phenoxy) is 2. The van der Waals surface area contributed by atoms with Gasteiger partial charge < -0.3 is 24.2 Å². The number of nitrogens with zero attached hydrogens (tertiary/aromatic N) is 4. The van der Waals surface area contributed by atoms with Gasteiger partial charge in [-0.05, 0) is 75.8 Å². The van der Waals surface area contributed by atoms with Crippen LogP contribution < -0.4 is 4.74 Å². The lowest BCUT2D eigenvalue weighted by Crippen LogP contribution is -2.47. The van der Waals surface area contributed by atoms with Crippen molar-refractivity contribution in [1.29, 1.82) is 0 Å². The summed E-state index contributed by atoms with van der Waals surface area (Å²) in [6.07, 6.45) is 4.37. The van der Waals surface area contributed by atoms with Gasteiger partial charge in [0.05, 0.1) is 18.6 Å². The number of carbonyl (C=O) groups excluding carboxylic acids is 1. The van der Waals surface area contributed by atoms with E-state index in [0.717, 1.165) is 57.8 Å². The van der Waals surface area contributed by atoms with Crippen LogP contribution in [0.1, 0.15) is 36.8 Å². The smallest absolute Gasteiger partial charge is 0.248 e. The number of aryl methyl sites for hydroxylation is 2. The predicted molar refractivity (Wildman–Crippen MR) is 146 cm³/mol. The first-order chi connectivity index (χ1) is 17.5. The number of hydrogen-bond donors (Lipinski definition) is 0. The number of likely N-dealkylation sites (N-methyl/N-ethyl adjacent to an activating group) is 3. The molecule has 0 spiro atoms. The second-order valence-electron chi connectivity index (χ2n) is 10.8. The monoisotopic (exact) mass is 538 g/mol. The van der Waals surface area contributed by atoms with Crippen LogP contribution in [0.5, 0.6) is 5.75 Å². The fourth-order valence-electron chi connectivity index (χ4n) is 5.48. The summed E-state index contributed by atoms with van der Waals surface area (Å²) in [7, 11) is 3.47. The van der Waals surface area contributed by atoms with Gasteiger partial charge >= 0.3 is 0 Å². The lowest BCUT2D eigenvalue weighted by Gasteiger charge is -2.38. The molecule has 1 amide bonds. The largest absolute Gasteiger partial charge is 0.497 e. The third-order valence-corrected chi connectivity index (χ3v) is 10.1. The Morgan fingerprint density at radius 1 is 1.03 bits per heavy atom. The van der Waals surface area contributed by atoms with E-state index in [4.69, 9.17) is 9.47 Å². The number of benzene rings is 1. The van der Waals surface area contributed by atoms with E-state index in [-0.39, 0.29) is 36.6 Å². The van der Waals surface area contributed by atoms with Crippen LogP contribution in [0, 0.1) is 19.8 Å². The van der Waals surface area contributed by atoms with Gasteiger partial charge in [-0.3, -0.25) is 4.79 Å². The molecule has 1 aromatic carbocycles. The Kier molecular flexibility index (Phi) is 10.8. The maximum atomic E-state index is 13.1. The van der Waals surface area contributed by atoms with Crippen molar-refractivity contribution in [1.82, 2.24) is 19.0 Å². The van der Waals surface area contributed by atoms with Gasteiger partial charge in [0.15, 0.2) is 0 Å². The molecule has 0 atom stereocenters. The van der Waals surface area contributed by atoms with E-state index in [1.165, 1.54) is 17.9 Å². The molecule has 2 fully saturated rings. The maximum absolute atomic E-state index is 13.1. The molecule has 10 heteroatoms. The van der Waals surface area contributed by atoms with Gasteiger partial charge in [-0.25, -0.2) is 8.42 Å². The first-order valence-corrected chi connectivity index (χ1v) is 14.8. The van der Waals surface area contributed by atoms with E-state index in [1.54, 1.807) is 33.1 Å². The van der Waals surface area contributed by atoms with E-state index in [9.17, 15) is 13.2 Å². The second-order valence-corrected chi connectivity index (χ2v) is 12.7. The van der Waals surface area contributed by atoms with Crippen LogP contribution in [0.15, 0.2) is 17.0 Å². The number of hydrogen-bond acceptors (Lipinski definition) is 7. The molecule has 1 aliphatic carbocycles. The van der Waals surface area contributed by atoms with Crippen molar-refractivity contribution in [2.24, 2.45) is 5.92 Å². The van der Waals surface area contributed by atoms with Crippen LogP contribution in [0.4, 0.5) is 0 Å². The molecule has 1 aromatic rings. The summed E-state index contributed by atoms with van der Waals surface area (Å²) >= 11 is 0. The van der Waals surface area contributed by atoms with Crippen molar-refractivity contribution < 1.29 is 22.7 Å². The van der Waals surface area contributed by atoms with Crippen molar-refractivity contribution >= 4 is 15.9 Å². The zero-order valence-electron chi connectivity index (χ0n) is 23.5. The minimum absolute atomic E-state index is 0.0355. The summed E-state index contributed by atoms with van der Waals surface area (Å²) in [6, 6.07) is 3.70. The van der Waals surface area contributed by atoms with Crippen LogP contribution in [0.25, 0.3) is 0 Å². The molecule has 0 aromatic heterocycles. The van der Waals surface area contributed by atoms with Crippen LogP contribution in [-0.4, -0.2) is 120 Å². The van der Waals surface area contributed by atoms with Crippen LogP contribution in [-0.2, 0) is 19.6 Å². The third-order valence-electron chi connectivity index (χ3n) is 7.98. The molecule has 0 bridgehead atoms. The van der Waals surface area contributed by atoms with Crippen LogP contribution >= 0.6 is 0 Å². The number of rotatable bonds is 11. The van der Waals surface area contributed by atoms with Gasteiger partial charge in [0.1, 0.15) is 12.4 Å². The van der Waals surface area contributed by atoms with E-state index in [2.05, 4.69) is 16.8 Å². The topological polar surface area (TPSA) is 82.6 Å². The summed E-state index contributed by atoms with van der Waals surface area (Å²) in [5.41, 5.74) is 1.28. The van der Waals surface area contributed by atoms with E-state index >= 15 is 0 Å². The summed E-state index contributed by atoms with van der Waals surface area (Å²) in [6.45, 7) is 9.60. The quantitative estimate of drug-likeness (QED) is 0.400. The Balaban J connectivity index is 1.39. The predicted octanol–water partition coefficient (Wildman–Crippen LogP) is 2.21. The van der Waals surface area contributed by atoms with E-state index in [1.807, 2.05) is 11.9 Å². The normalized spacial score (nSPS) is 21.8. The Bertz CT molecular complexity index is 979. The third kappa shape index (κ3) is 7.89. The standard InChI is InChI=1S/C27H46N4O5S/c1-21-17-25(35-6)18-22(2)27(21)37(33,34)29(4)15-16-36-20-26(32)30(5)24-9-7-23(8-10-24)19-31-13-11-28(3)12-14-31/h17-18,23-24H,7-16,19-20H2,1-6H3/t23-,24+. The molecule has 37 heavy (non-hydrogen) atoms. The SMILES string of the molecule is COc1cc(C)c(S(=O)(=O)N(C)CCOCC(=O)N(C)[C@H]2CC[C@@H](CN3CCN(C)CC3)CC2)c(C)c1. The van der Waals surface area contributed by atoms with Gasteiger partial charge in [-0.15, -0.1) is 0 Å². The Morgan fingerprint density at radius 2 is 1.62 bits per heavy atom. The zero-order chi connectivity index (χ0) is 27.2. The summed E-state index contributed by atoms with van der Waals surface area (Å²) in [5, 5.41) is 0. The number of amides is 1. The number of sulfonamides is 1. The molecule has 1 saturated carbocycles. The summed E-state index contributed by atoms with van der Waals surface area (Å²) < 4.78 is 38.4. The highest BCUT2D eigenvalue weighted by atomic mass is 32.2. The first-order valence-electron chi connectivity index (χ1n) is 13.4. The Morgan fingerprint density at radius 3 is 2.19 bits per heavy atom. The number of piperazine rings is 1. The average Bonchev–Trinajstić information content (AvgIpc) is 2.87. The summed E-state index contributed by atoms with van der Waals surface area (Å²) in [5.74, 6) is 1.30. The van der Waals surface area contributed by atoms with Gasteiger partial charge in [0.2, 0.25) is 15.9 Å². The van der Waals surface area contributed by atoms with Gasteiger partial charge in [-0.1, -0.05) is 0 Å². The highest BCUT2D eigenvalue weighted by Gasteiger charge is 2.29. The molecular formula is C27H46N4O5S. The van der Waals surface area contributed by atoms with Crippen molar-refractivity contribution in [3.63, 3.8) is 0 Å².